The van der Waals surface area contributed by atoms with Gasteiger partial charge in [-0.3, -0.25) is 0 Å². The molecule has 5 nitrogen and oxygen atoms in total. The lowest BCUT2D eigenvalue weighted by Gasteiger charge is -2.18. The number of nitrogens with one attached hydrogen (secondary N) is 1. The lowest BCUT2D eigenvalue weighted by molar-refractivity contribution is -0.269. The van der Waals surface area contributed by atoms with Crippen molar-refractivity contribution >= 4 is 21.5 Å². The molecule has 0 atom stereocenters. The van der Waals surface area contributed by atoms with Crippen LogP contribution in [0, 0.1) is 13.8 Å². The van der Waals surface area contributed by atoms with Crippen LogP contribution in [0.1, 0.15) is 16.7 Å². The van der Waals surface area contributed by atoms with Gasteiger partial charge >= 0.3 is 0 Å². The van der Waals surface area contributed by atoms with E-state index < -0.39 is 10.0 Å². The zero-order valence-corrected chi connectivity index (χ0v) is 15.8. The molecule has 138 valence electrons. The number of nitrogens with zero attached hydrogens (tertiary/aromatic N) is 1. The Bertz CT molecular complexity index is 1080. The van der Waals surface area contributed by atoms with E-state index in [9.17, 15) is 13.5 Å². The zero-order chi connectivity index (χ0) is 19.4. The van der Waals surface area contributed by atoms with Crippen LogP contribution >= 0.6 is 0 Å². The maximum atomic E-state index is 12.7. The Labute approximate surface area is 159 Å². The largest absolute Gasteiger partial charge is 0.872 e. The van der Waals surface area contributed by atoms with Crippen molar-refractivity contribution in [3.63, 3.8) is 0 Å². The van der Waals surface area contributed by atoms with E-state index in [2.05, 4.69) is 9.71 Å². The van der Waals surface area contributed by atoms with Gasteiger partial charge in [-0.2, -0.15) is 8.42 Å². The molecule has 3 aromatic carbocycles. The first-order chi connectivity index (χ1) is 12.9. The predicted octanol–water partition coefficient (Wildman–Crippen LogP) is 3.62. The summed E-state index contributed by atoms with van der Waals surface area (Å²) in [4.78, 5) is 0.114. The molecule has 0 fully saturated rings. The Morgan fingerprint density at radius 3 is 2.07 bits per heavy atom. The van der Waals surface area contributed by atoms with Crippen molar-refractivity contribution in [1.82, 2.24) is 0 Å². The molecule has 0 amide bonds. The van der Waals surface area contributed by atoms with E-state index in [1.54, 1.807) is 55.5 Å². The summed E-state index contributed by atoms with van der Waals surface area (Å²) in [5, 5.41) is 14.9. The highest BCUT2D eigenvalue weighted by molar-refractivity contribution is 7.90. The molecule has 6 heteroatoms. The van der Waals surface area contributed by atoms with Gasteiger partial charge in [0.15, 0.2) is 5.84 Å². The highest BCUT2D eigenvalue weighted by Crippen LogP contribution is 2.25. The van der Waals surface area contributed by atoms with Gasteiger partial charge in [-0.15, -0.1) is 10.1 Å². The van der Waals surface area contributed by atoms with Gasteiger partial charge < -0.3 is 10.4 Å². The van der Waals surface area contributed by atoms with Crippen LogP contribution in [0.2, 0.25) is 0 Å². The normalized spacial score (nSPS) is 12.0. The predicted molar refractivity (Wildman–Crippen MR) is 106 cm³/mol. The van der Waals surface area contributed by atoms with Gasteiger partial charge in [0.25, 0.3) is 10.0 Å². The molecule has 0 aromatic heterocycles. The topological polar surface area (TPSA) is 81.6 Å². The molecule has 3 aromatic rings. The summed E-state index contributed by atoms with van der Waals surface area (Å²) in [7, 11) is -3.90. The summed E-state index contributed by atoms with van der Waals surface area (Å²) in [6.07, 6.45) is 0. The number of rotatable bonds is 4. The lowest BCUT2D eigenvalue weighted by Crippen LogP contribution is -2.17. The van der Waals surface area contributed by atoms with Gasteiger partial charge in [-0.1, -0.05) is 60.2 Å². The van der Waals surface area contributed by atoms with E-state index in [-0.39, 0.29) is 16.5 Å². The molecule has 0 spiro atoms. The zero-order valence-electron chi connectivity index (χ0n) is 15.0. The Balaban J connectivity index is 2.10. The van der Waals surface area contributed by atoms with E-state index >= 15 is 0 Å². The van der Waals surface area contributed by atoms with Crippen molar-refractivity contribution in [3.8, 4) is 5.75 Å². The van der Waals surface area contributed by atoms with Gasteiger partial charge in [0.05, 0.1) is 4.90 Å². The number of anilines is 1. The first-order valence-electron chi connectivity index (χ1n) is 8.38. The Kier molecular flexibility index (Phi) is 5.28. The standard InChI is InChI=1S/C21H20N2O3S/c1-15-16(2)20(24)14-13-19(15)22-21(17-9-5-3-6-10-17)23-27(25,26)18-11-7-4-8-12-18/h3-14,24H,1-2H3,(H,22,23)/p-1. The average Bonchev–Trinajstić information content (AvgIpc) is 2.69. The minimum absolute atomic E-state index is 0.0619. The summed E-state index contributed by atoms with van der Waals surface area (Å²) in [5.41, 5.74) is 2.62. The third-order valence-corrected chi connectivity index (χ3v) is 5.58. The smallest absolute Gasteiger partial charge is 0.284 e. The number of benzene rings is 3. The minimum Gasteiger partial charge on any atom is -0.872 e. The summed E-state index contributed by atoms with van der Waals surface area (Å²) >= 11 is 0. The minimum atomic E-state index is -3.90. The molecule has 0 aliphatic heterocycles. The van der Waals surface area contributed by atoms with Crippen molar-refractivity contribution in [2.45, 2.75) is 18.7 Å². The Morgan fingerprint density at radius 2 is 1.44 bits per heavy atom. The van der Waals surface area contributed by atoms with Crippen LogP contribution in [0.4, 0.5) is 5.69 Å². The van der Waals surface area contributed by atoms with Crippen molar-refractivity contribution in [2.24, 2.45) is 4.40 Å². The van der Waals surface area contributed by atoms with Gasteiger partial charge in [-0.25, -0.2) is 0 Å². The number of hydrogen-bond acceptors (Lipinski definition) is 3. The first kappa shape index (κ1) is 18.7. The molecular formula is C21H19N2O3S-. The quantitative estimate of drug-likeness (QED) is 0.554. The van der Waals surface area contributed by atoms with E-state index in [4.69, 9.17) is 0 Å². The Hall–Kier alpha value is -3.12. The van der Waals surface area contributed by atoms with E-state index in [0.717, 1.165) is 5.56 Å². The summed E-state index contributed by atoms with van der Waals surface area (Å²) < 4.78 is 29.5. The third kappa shape index (κ3) is 4.17. The van der Waals surface area contributed by atoms with Crippen LogP contribution in [0.15, 0.2) is 82.1 Å². The first-order valence-corrected chi connectivity index (χ1v) is 9.82. The lowest BCUT2D eigenvalue weighted by atomic mass is 10.1. The molecular weight excluding hydrogens is 360 g/mol. The van der Waals surface area contributed by atoms with E-state index in [1.807, 2.05) is 13.0 Å². The molecule has 0 bridgehead atoms. The maximum Gasteiger partial charge on any atom is 0.284 e. The number of hydrogen-bond donors (Lipinski definition) is 1. The van der Waals surface area contributed by atoms with Gasteiger partial charge in [0, 0.05) is 11.3 Å². The van der Waals surface area contributed by atoms with Crippen LogP contribution < -0.4 is 10.4 Å². The second kappa shape index (κ2) is 7.63. The van der Waals surface area contributed by atoms with Gasteiger partial charge in [0.2, 0.25) is 0 Å². The van der Waals surface area contributed by atoms with Crippen LogP contribution in [0.3, 0.4) is 0 Å². The molecule has 0 heterocycles. The molecule has 0 unspecified atom stereocenters. The molecule has 3 rings (SSSR count). The van der Waals surface area contributed by atoms with E-state index in [0.29, 0.717) is 16.8 Å². The van der Waals surface area contributed by atoms with Crippen LogP contribution in [-0.2, 0) is 10.0 Å². The molecule has 0 aliphatic rings. The van der Waals surface area contributed by atoms with Crippen molar-refractivity contribution < 1.29 is 13.5 Å². The monoisotopic (exact) mass is 379 g/mol. The second-order valence-corrected chi connectivity index (χ2v) is 7.68. The van der Waals surface area contributed by atoms with Crippen molar-refractivity contribution in [2.75, 3.05) is 5.32 Å². The molecule has 1 N–H and O–H groups in total. The molecule has 0 saturated heterocycles. The highest BCUT2D eigenvalue weighted by atomic mass is 32.2. The fourth-order valence-electron chi connectivity index (χ4n) is 2.57. The highest BCUT2D eigenvalue weighted by Gasteiger charge is 2.16. The van der Waals surface area contributed by atoms with Crippen molar-refractivity contribution in [1.29, 1.82) is 0 Å². The second-order valence-electron chi connectivity index (χ2n) is 6.08. The van der Waals surface area contributed by atoms with Gasteiger partial charge in [0.1, 0.15) is 0 Å². The SMILES string of the molecule is Cc1c([O-])ccc(NC(=NS(=O)(=O)c2ccccc2)c2ccccc2)c1C. The molecule has 0 radical (unpaired) electrons. The molecule has 0 saturated carbocycles. The summed E-state index contributed by atoms with van der Waals surface area (Å²) in [6.45, 7) is 3.55. The fourth-order valence-corrected chi connectivity index (χ4v) is 3.57. The van der Waals surface area contributed by atoms with Crippen LogP contribution in [0.5, 0.6) is 5.75 Å². The molecule has 0 aliphatic carbocycles. The van der Waals surface area contributed by atoms with Crippen LogP contribution in [0.25, 0.3) is 0 Å². The summed E-state index contributed by atoms with van der Waals surface area (Å²) in [6, 6.07) is 20.2. The number of sulfonamides is 1. The average molecular weight is 379 g/mol. The maximum absolute atomic E-state index is 12.7. The number of amidine groups is 1. The molecule has 27 heavy (non-hydrogen) atoms. The van der Waals surface area contributed by atoms with Gasteiger partial charge in [-0.05, 0) is 37.6 Å². The summed E-state index contributed by atoms with van der Waals surface area (Å²) in [5.74, 6) is 0.133. The Morgan fingerprint density at radius 1 is 0.852 bits per heavy atom. The van der Waals surface area contributed by atoms with E-state index in [1.165, 1.54) is 18.2 Å². The fraction of sp³-hybridized carbons (Fsp3) is 0.0952. The van der Waals surface area contributed by atoms with Crippen LogP contribution in [-0.4, -0.2) is 14.3 Å². The third-order valence-electron chi connectivity index (χ3n) is 4.29. The van der Waals surface area contributed by atoms with Crippen molar-refractivity contribution in [3.05, 3.63) is 89.5 Å².